The number of Topliss-reactive ketones (excluding diaryl/α,β-unsaturated/α-hetero) is 1. The Bertz CT molecular complexity index is 657. The fraction of sp³-hybridized carbons (Fsp3) is 0.222. The highest BCUT2D eigenvalue weighted by Crippen LogP contribution is 2.25. The zero-order valence-electron chi connectivity index (χ0n) is 12.0. The number of carbonyl (C=O) groups excluding carboxylic acids is 1. The number of hydrogen-bond acceptors (Lipinski definition) is 2. The Balaban J connectivity index is 2.48. The first-order valence-electron chi connectivity index (χ1n) is 6.61. The number of nitrogens with zero attached hydrogens (tertiary/aromatic N) is 1. The number of rotatable bonds is 3. The summed E-state index contributed by atoms with van der Waals surface area (Å²) in [5.74, 6) is -0.856. The summed E-state index contributed by atoms with van der Waals surface area (Å²) in [6.45, 7) is 5.85. The van der Waals surface area contributed by atoms with Crippen LogP contribution in [0.4, 0.5) is 0 Å². The summed E-state index contributed by atoms with van der Waals surface area (Å²) in [6.07, 6.45) is 0. The number of ketones is 1. The lowest BCUT2D eigenvalue weighted by molar-refractivity contribution is 0.0977. The van der Waals surface area contributed by atoms with Gasteiger partial charge in [-0.2, -0.15) is 5.26 Å². The van der Waals surface area contributed by atoms with Crippen LogP contribution in [0.15, 0.2) is 42.5 Å². The van der Waals surface area contributed by atoms with Gasteiger partial charge in [-0.15, -0.1) is 0 Å². The van der Waals surface area contributed by atoms with Gasteiger partial charge in [-0.1, -0.05) is 48.0 Å². The third kappa shape index (κ3) is 2.62. The van der Waals surface area contributed by atoms with E-state index in [1.54, 1.807) is 0 Å². The van der Waals surface area contributed by atoms with Crippen molar-refractivity contribution in [3.63, 3.8) is 0 Å². The Morgan fingerprint density at radius 1 is 1.05 bits per heavy atom. The Morgan fingerprint density at radius 3 is 2.10 bits per heavy atom. The largest absolute Gasteiger partial charge is 0.292 e. The van der Waals surface area contributed by atoms with Crippen LogP contribution in [0, 0.1) is 32.1 Å². The smallest absolute Gasteiger partial charge is 0.184 e. The molecule has 2 aromatic rings. The van der Waals surface area contributed by atoms with Gasteiger partial charge in [-0.25, -0.2) is 0 Å². The number of nitriles is 1. The van der Waals surface area contributed by atoms with Crippen molar-refractivity contribution in [3.05, 3.63) is 70.3 Å². The maximum Gasteiger partial charge on any atom is 0.184 e. The molecule has 0 heterocycles. The Hall–Kier alpha value is -2.40. The highest BCUT2D eigenvalue weighted by molar-refractivity contribution is 6.05. The van der Waals surface area contributed by atoms with E-state index in [9.17, 15) is 10.1 Å². The average molecular weight is 263 g/mol. The van der Waals surface area contributed by atoms with Crippen LogP contribution in [0.5, 0.6) is 0 Å². The summed E-state index contributed by atoms with van der Waals surface area (Å²) in [5, 5.41) is 9.38. The topological polar surface area (TPSA) is 40.9 Å². The Labute approximate surface area is 119 Å². The molecule has 0 aromatic heterocycles. The maximum atomic E-state index is 12.7. The molecule has 0 amide bonds. The quantitative estimate of drug-likeness (QED) is 0.782. The van der Waals surface area contributed by atoms with Gasteiger partial charge in [0.05, 0.1) is 6.07 Å². The normalized spacial score (nSPS) is 11.7. The van der Waals surface area contributed by atoms with Crippen LogP contribution >= 0.6 is 0 Å². The van der Waals surface area contributed by atoms with E-state index < -0.39 is 5.92 Å². The molecule has 1 unspecified atom stereocenters. The van der Waals surface area contributed by atoms with Gasteiger partial charge >= 0.3 is 0 Å². The van der Waals surface area contributed by atoms with E-state index in [-0.39, 0.29) is 5.78 Å². The van der Waals surface area contributed by atoms with Crippen LogP contribution in [0.2, 0.25) is 0 Å². The molecule has 2 nitrogen and oxygen atoms in total. The maximum absolute atomic E-state index is 12.7. The van der Waals surface area contributed by atoms with Gasteiger partial charge in [0.1, 0.15) is 5.92 Å². The molecule has 0 aliphatic heterocycles. The van der Waals surface area contributed by atoms with Crippen molar-refractivity contribution in [2.45, 2.75) is 26.7 Å². The zero-order chi connectivity index (χ0) is 14.7. The zero-order valence-corrected chi connectivity index (χ0v) is 12.0. The van der Waals surface area contributed by atoms with E-state index in [1.165, 1.54) is 0 Å². The first-order chi connectivity index (χ1) is 9.54. The lowest BCUT2D eigenvalue weighted by Gasteiger charge is -2.14. The molecule has 0 saturated heterocycles. The molecule has 0 aliphatic rings. The molecular formula is C18H17NO. The second-order valence-corrected chi connectivity index (χ2v) is 5.11. The summed E-state index contributed by atoms with van der Waals surface area (Å²) in [7, 11) is 0. The standard InChI is InChI=1S/C18H17NO/c1-12-9-13(2)17(14(3)10-12)18(20)16(11-19)15-7-5-4-6-8-15/h4-10,16H,1-3H3. The monoisotopic (exact) mass is 263 g/mol. The molecule has 0 N–H and O–H groups in total. The molecule has 100 valence electrons. The third-order valence-electron chi connectivity index (χ3n) is 3.45. The molecule has 0 bridgehead atoms. The molecule has 0 spiro atoms. The molecule has 0 fully saturated rings. The number of benzene rings is 2. The summed E-state index contributed by atoms with van der Waals surface area (Å²) in [4.78, 5) is 12.7. The van der Waals surface area contributed by atoms with Crippen molar-refractivity contribution in [3.8, 4) is 6.07 Å². The Kier molecular flexibility index (Phi) is 4.00. The van der Waals surface area contributed by atoms with Crippen molar-refractivity contribution in [2.75, 3.05) is 0 Å². The van der Waals surface area contributed by atoms with E-state index in [1.807, 2.05) is 63.2 Å². The molecule has 0 radical (unpaired) electrons. The fourth-order valence-electron chi connectivity index (χ4n) is 2.64. The summed E-state index contributed by atoms with van der Waals surface area (Å²) >= 11 is 0. The molecular weight excluding hydrogens is 246 g/mol. The molecule has 1 atom stereocenters. The second kappa shape index (κ2) is 5.71. The van der Waals surface area contributed by atoms with Crippen LogP contribution in [0.3, 0.4) is 0 Å². The highest BCUT2D eigenvalue weighted by Gasteiger charge is 2.24. The summed E-state index contributed by atoms with van der Waals surface area (Å²) in [5.41, 5.74) is 4.42. The van der Waals surface area contributed by atoms with Crippen molar-refractivity contribution in [1.82, 2.24) is 0 Å². The van der Waals surface area contributed by atoms with Crippen molar-refractivity contribution < 1.29 is 4.79 Å². The minimum absolute atomic E-state index is 0.117. The second-order valence-electron chi connectivity index (χ2n) is 5.11. The minimum atomic E-state index is -0.740. The average Bonchev–Trinajstić information content (AvgIpc) is 2.39. The molecule has 2 heteroatoms. The van der Waals surface area contributed by atoms with E-state index >= 15 is 0 Å². The molecule has 20 heavy (non-hydrogen) atoms. The molecule has 0 aliphatic carbocycles. The first kappa shape index (κ1) is 14.0. The van der Waals surface area contributed by atoms with Crippen LogP contribution in [-0.4, -0.2) is 5.78 Å². The highest BCUT2D eigenvalue weighted by atomic mass is 16.1. The lowest BCUT2D eigenvalue weighted by atomic mass is 9.87. The minimum Gasteiger partial charge on any atom is -0.292 e. The molecule has 0 saturated carbocycles. The third-order valence-corrected chi connectivity index (χ3v) is 3.45. The van der Waals surface area contributed by atoms with Gasteiger partial charge in [0.25, 0.3) is 0 Å². The molecule has 2 aromatic carbocycles. The van der Waals surface area contributed by atoms with Gasteiger partial charge in [-0.05, 0) is 37.5 Å². The number of carbonyl (C=O) groups is 1. The number of hydrogen-bond donors (Lipinski definition) is 0. The van der Waals surface area contributed by atoms with E-state index in [0.29, 0.717) is 5.56 Å². The Morgan fingerprint density at radius 2 is 1.60 bits per heavy atom. The predicted molar refractivity (Wildman–Crippen MR) is 79.8 cm³/mol. The van der Waals surface area contributed by atoms with E-state index in [2.05, 4.69) is 6.07 Å². The lowest BCUT2D eigenvalue weighted by Crippen LogP contribution is -2.14. The first-order valence-corrected chi connectivity index (χ1v) is 6.61. The molecule has 2 rings (SSSR count). The van der Waals surface area contributed by atoms with Crippen LogP contribution in [-0.2, 0) is 0 Å². The van der Waals surface area contributed by atoms with E-state index in [0.717, 1.165) is 22.3 Å². The fourth-order valence-corrected chi connectivity index (χ4v) is 2.64. The predicted octanol–water partition coefficient (Wildman–Crippen LogP) is 4.10. The SMILES string of the molecule is Cc1cc(C)c(C(=O)C(C#N)c2ccccc2)c(C)c1. The van der Waals surface area contributed by atoms with Gasteiger partial charge < -0.3 is 0 Å². The van der Waals surface area contributed by atoms with Crippen molar-refractivity contribution in [2.24, 2.45) is 0 Å². The summed E-state index contributed by atoms with van der Waals surface area (Å²) < 4.78 is 0. The van der Waals surface area contributed by atoms with Gasteiger partial charge in [0.2, 0.25) is 0 Å². The van der Waals surface area contributed by atoms with Gasteiger partial charge in [0, 0.05) is 5.56 Å². The van der Waals surface area contributed by atoms with Crippen LogP contribution in [0.25, 0.3) is 0 Å². The van der Waals surface area contributed by atoms with E-state index in [4.69, 9.17) is 0 Å². The van der Waals surface area contributed by atoms with Gasteiger partial charge in [0.15, 0.2) is 5.78 Å². The van der Waals surface area contributed by atoms with Crippen molar-refractivity contribution >= 4 is 5.78 Å². The van der Waals surface area contributed by atoms with Crippen LogP contribution in [0.1, 0.15) is 38.5 Å². The van der Waals surface area contributed by atoms with Crippen LogP contribution < -0.4 is 0 Å². The summed E-state index contributed by atoms with van der Waals surface area (Å²) in [6, 6.07) is 15.3. The van der Waals surface area contributed by atoms with Gasteiger partial charge in [-0.3, -0.25) is 4.79 Å². The van der Waals surface area contributed by atoms with Crippen molar-refractivity contribution in [1.29, 1.82) is 5.26 Å². The number of aryl methyl sites for hydroxylation is 3.